The molecule has 1 N–H and O–H groups in total. The number of rotatable bonds is 3. The van der Waals surface area contributed by atoms with Gasteiger partial charge >= 0.3 is 0 Å². The summed E-state index contributed by atoms with van der Waals surface area (Å²) >= 11 is 3.34. The third kappa shape index (κ3) is 3.11. The van der Waals surface area contributed by atoms with Crippen LogP contribution in [-0.4, -0.2) is 6.04 Å². The molecule has 0 radical (unpaired) electrons. The predicted molar refractivity (Wildman–Crippen MR) is 69.4 cm³/mol. The van der Waals surface area contributed by atoms with E-state index in [9.17, 15) is 0 Å². The van der Waals surface area contributed by atoms with Crippen molar-refractivity contribution in [2.24, 2.45) is 5.92 Å². The van der Waals surface area contributed by atoms with E-state index < -0.39 is 0 Å². The maximum atomic E-state index is 5.56. The fourth-order valence-electron chi connectivity index (χ4n) is 2.42. The van der Waals surface area contributed by atoms with Crippen LogP contribution in [0.4, 0.5) is 0 Å². The van der Waals surface area contributed by atoms with Gasteiger partial charge in [-0.15, -0.1) is 0 Å². The Balaban J connectivity index is 1.85. The Bertz CT molecular complexity index is 328. The summed E-state index contributed by atoms with van der Waals surface area (Å²) in [7, 11) is 0. The van der Waals surface area contributed by atoms with Crippen LogP contribution in [0, 0.1) is 5.92 Å². The molecule has 90 valence electrons. The zero-order valence-corrected chi connectivity index (χ0v) is 11.6. The van der Waals surface area contributed by atoms with Crippen LogP contribution in [0.5, 0.6) is 0 Å². The van der Waals surface area contributed by atoms with Gasteiger partial charge in [0.15, 0.2) is 4.67 Å². The maximum absolute atomic E-state index is 5.56. The molecule has 0 amide bonds. The molecule has 0 spiro atoms. The average Bonchev–Trinajstić information content (AvgIpc) is 2.68. The van der Waals surface area contributed by atoms with E-state index in [1.807, 2.05) is 12.1 Å². The first-order valence-corrected chi connectivity index (χ1v) is 6.95. The molecule has 0 bridgehead atoms. The number of hydrogen-bond donors (Lipinski definition) is 1. The predicted octanol–water partition coefficient (Wildman–Crippen LogP) is 4.27. The van der Waals surface area contributed by atoms with Gasteiger partial charge < -0.3 is 9.73 Å². The molecule has 1 atom stereocenters. The molecule has 0 saturated heterocycles. The summed E-state index contributed by atoms with van der Waals surface area (Å²) in [6.45, 7) is 4.52. The fourth-order valence-corrected chi connectivity index (χ4v) is 2.74. The van der Waals surface area contributed by atoms with E-state index >= 15 is 0 Å². The van der Waals surface area contributed by atoms with Crippen LogP contribution >= 0.6 is 15.9 Å². The van der Waals surface area contributed by atoms with Gasteiger partial charge in [0.05, 0.1) is 6.04 Å². The second kappa shape index (κ2) is 5.37. The van der Waals surface area contributed by atoms with Crippen LogP contribution in [0.1, 0.15) is 51.3 Å². The lowest BCUT2D eigenvalue weighted by Gasteiger charge is -2.29. The van der Waals surface area contributed by atoms with E-state index in [-0.39, 0.29) is 0 Å². The van der Waals surface area contributed by atoms with E-state index in [1.165, 1.54) is 25.7 Å². The Labute approximate surface area is 106 Å². The van der Waals surface area contributed by atoms with Crippen molar-refractivity contribution in [2.45, 2.75) is 51.6 Å². The molecule has 3 heteroatoms. The number of furan rings is 1. The second-order valence-corrected chi connectivity index (χ2v) is 5.77. The van der Waals surface area contributed by atoms with Gasteiger partial charge in [-0.3, -0.25) is 0 Å². The first kappa shape index (κ1) is 12.2. The van der Waals surface area contributed by atoms with Crippen molar-refractivity contribution in [3.8, 4) is 0 Å². The smallest absolute Gasteiger partial charge is 0.169 e. The third-order valence-corrected chi connectivity index (χ3v) is 3.95. The standard InChI is InChI=1S/C13H20BrNO/c1-9-3-5-11(6-4-9)15-10(2)12-7-8-13(14)16-12/h7-11,15H,3-6H2,1-2H3. The summed E-state index contributed by atoms with van der Waals surface area (Å²) in [5, 5.41) is 3.65. The molecule has 1 heterocycles. The summed E-state index contributed by atoms with van der Waals surface area (Å²) in [5.41, 5.74) is 0. The summed E-state index contributed by atoms with van der Waals surface area (Å²) in [6.07, 6.45) is 5.30. The molecule has 1 aliphatic carbocycles. The second-order valence-electron chi connectivity index (χ2n) is 4.99. The Morgan fingerprint density at radius 1 is 1.31 bits per heavy atom. The molecule has 1 fully saturated rings. The zero-order chi connectivity index (χ0) is 11.5. The van der Waals surface area contributed by atoms with E-state index in [0.717, 1.165) is 16.3 Å². The van der Waals surface area contributed by atoms with Gasteiger partial charge in [0.1, 0.15) is 5.76 Å². The molecule has 1 unspecified atom stereocenters. The first-order valence-electron chi connectivity index (χ1n) is 6.16. The van der Waals surface area contributed by atoms with E-state index in [0.29, 0.717) is 12.1 Å². The largest absolute Gasteiger partial charge is 0.453 e. The molecule has 2 rings (SSSR count). The Morgan fingerprint density at radius 2 is 2.00 bits per heavy atom. The van der Waals surface area contributed by atoms with Crippen LogP contribution in [0.25, 0.3) is 0 Å². The summed E-state index contributed by atoms with van der Waals surface area (Å²) in [6, 6.07) is 4.96. The van der Waals surface area contributed by atoms with E-state index in [4.69, 9.17) is 4.42 Å². The minimum atomic E-state index is 0.310. The van der Waals surface area contributed by atoms with Crippen LogP contribution in [0.15, 0.2) is 21.2 Å². The normalized spacial score (nSPS) is 27.9. The summed E-state index contributed by atoms with van der Waals surface area (Å²) in [4.78, 5) is 0. The molecular formula is C13H20BrNO. The van der Waals surface area contributed by atoms with Crippen molar-refractivity contribution in [1.82, 2.24) is 5.32 Å². The molecule has 1 aromatic rings. The molecule has 2 nitrogen and oxygen atoms in total. The fraction of sp³-hybridized carbons (Fsp3) is 0.692. The number of halogens is 1. The quantitative estimate of drug-likeness (QED) is 0.897. The SMILES string of the molecule is CC1CCC(NC(C)c2ccc(Br)o2)CC1. The van der Waals surface area contributed by atoms with Gasteiger partial charge in [-0.2, -0.15) is 0 Å². The van der Waals surface area contributed by atoms with Gasteiger partial charge in [-0.25, -0.2) is 0 Å². The van der Waals surface area contributed by atoms with Gasteiger partial charge in [-0.1, -0.05) is 6.92 Å². The van der Waals surface area contributed by atoms with Crippen molar-refractivity contribution in [2.75, 3.05) is 0 Å². The topological polar surface area (TPSA) is 25.2 Å². The lowest BCUT2D eigenvalue weighted by atomic mass is 9.87. The molecule has 0 aliphatic heterocycles. The summed E-state index contributed by atoms with van der Waals surface area (Å²) < 4.78 is 6.38. The highest BCUT2D eigenvalue weighted by Crippen LogP contribution is 2.26. The minimum absolute atomic E-state index is 0.310. The lowest BCUT2D eigenvalue weighted by Crippen LogP contribution is -2.34. The molecule has 16 heavy (non-hydrogen) atoms. The highest BCUT2D eigenvalue weighted by molar-refractivity contribution is 9.10. The summed E-state index contributed by atoms with van der Waals surface area (Å²) in [5.74, 6) is 1.93. The van der Waals surface area contributed by atoms with Gasteiger partial charge in [-0.05, 0) is 66.6 Å². The molecule has 1 aliphatic rings. The average molecular weight is 286 g/mol. The van der Waals surface area contributed by atoms with Crippen molar-refractivity contribution in [3.63, 3.8) is 0 Å². The highest BCUT2D eigenvalue weighted by atomic mass is 79.9. The van der Waals surface area contributed by atoms with Crippen molar-refractivity contribution in [1.29, 1.82) is 0 Å². The Kier molecular flexibility index (Phi) is 4.09. The number of hydrogen-bond acceptors (Lipinski definition) is 2. The Hall–Kier alpha value is -0.280. The minimum Gasteiger partial charge on any atom is -0.453 e. The highest BCUT2D eigenvalue weighted by Gasteiger charge is 2.20. The molecule has 1 saturated carbocycles. The Morgan fingerprint density at radius 3 is 2.56 bits per heavy atom. The number of nitrogens with one attached hydrogen (secondary N) is 1. The van der Waals surface area contributed by atoms with Gasteiger partial charge in [0.25, 0.3) is 0 Å². The first-order chi connectivity index (χ1) is 7.65. The zero-order valence-electron chi connectivity index (χ0n) is 10.0. The van der Waals surface area contributed by atoms with Crippen LogP contribution in [0.3, 0.4) is 0 Å². The van der Waals surface area contributed by atoms with Crippen LogP contribution in [0.2, 0.25) is 0 Å². The molecule has 1 aromatic heterocycles. The van der Waals surface area contributed by atoms with Crippen molar-refractivity contribution >= 4 is 15.9 Å². The van der Waals surface area contributed by atoms with Crippen LogP contribution < -0.4 is 5.32 Å². The molecule has 0 aromatic carbocycles. The molecular weight excluding hydrogens is 266 g/mol. The van der Waals surface area contributed by atoms with Gasteiger partial charge in [0, 0.05) is 6.04 Å². The third-order valence-electron chi connectivity index (χ3n) is 3.52. The van der Waals surface area contributed by atoms with Crippen LogP contribution in [-0.2, 0) is 0 Å². The van der Waals surface area contributed by atoms with Gasteiger partial charge in [0.2, 0.25) is 0 Å². The van der Waals surface area contributed by atoms with E-state index in [2.05, 4.69) is 35.1 Å². The maximum Gasteiger partial charge on any atom is 0.169 e. The van der Waals surface area contributed by atoms with E-state index in [1.54, 1.807) is 0 Å². The van der Waals surface area contributed by atoms with Crippen molar-refractivity contribution < 1.29 is 4.42 Å². The monoisotopic (exact) mass is 285 g/mol. The van der Waals surface area contributed by atoms with Crippen molar-refractivity contribution in [3.05, 3.63) is 22.6 Å². The lowest BCUT2D eigenvalue weighted by molar-refractivity contribution is 0.279.